The van der Waals surface area contributed by atoms with E-state index in [9.17, 15) is 4.79 Å². The topological polar surface area (TPSA) is 47.6 Å². The predicted molar refractivity (Wildman–Crippen MR) is 86.6 cm³/mol. The van der Waals surface area contributed by atoms with Crippen molar-refractivity contribution < 1.29 is 14.3 Å². The van der Waals surface area contributed by atoms with Crippen molar-refractivity contribution in [1.29, 1.82) is 0 Å². The molecule has 0 saturated carbocycles. The molecule has 0 bridgehead atoms. The first-order chi connectivity index (χ1) is 10.8. The number of hydrogen-bond acceptors (Lipinski definition) is 4. The summed E-state index contributed by atoms with van der Waals surface area (Å²) in [4.78, 5) is 11.5. The van der Waals surface area contributed by atoms with Crippen LogP contribution in [0.4, 0.5) is 10.5 Å². The van der Waals surface area contributed by atoms with Crippen molar-refractivity contribution in [2.75, 3.05) is 11.9 Å². The van der Waals surface area contributed by atoms with Gasteiger partial charge in [-0.3, -0.25) is 0 Å². The highest BCUT2D eigenvalue weighted by Gasteiger charge is 2.05. The number of nitrogens with one attached hydrogen (secondary N) is 1. The third-order valence-corrected chi connectivity index (χ3v) is 3.09. The highest BCUT2D eigenvalue weighted by atomic mass is 16.7. The van der Waals surface area contributed by atoms with Crippen molar-refractivity contribution in [2.45, 2.75) is 26.6 Å². The minimum atomic E-state index is -0.656. The summed E-state index contributed by atoms with van der Waals surface area (Å²) in [5, 5.41) is 3.29. The second-order valence-corrected chi connectivity index (χ2v) is 4.94. The van der Waals surface area contributed by atoms with Gasteiger partial charge < -0.3 is 14.8 Å². The third-order valence-electron chi connectivity index (χ3n) is 3.09. The van der Waals surface area contributed by atoms with E-state index in [4.69, 9.17) is 9.47 Å². The van der Waals surface area contributed by atoms with E-state index in [0.29, 0.717) is 0 Å². The molecule has 0 spiro atoms. The number of rotatable bonds is 7. The smallest absolute Gasteiger partial charge is 0.429 e. The molecule has 0 amide bonds. The van der Waals surface area contributed by atoms with E-state index in [0.717, 1.165) is 29.8 Å². The van der Waals surface area contributed by atoms with Gasteiger partial charge in [-0.15, -0.1) is 0 Å². The molecule has 0 atom stereocenters. The molecule has 2 aromatic rings. The third kappa shape index (κ3) is 5.48. The summed E-state index contributed by atoms with van der Waals surface area (Å²) in [5.41, 5.74) is 2.93. The van der Waals surface area contributed by atoms with Crippen LogP contribution in [0.15, 0.2) is 54.6 Å². The van der Waals surface area contributed by atoms with E-state index < -0.39 is 6.16 Å². The molecule has 0 aliphatic rings. The summed E-state index contributed by atoms with van der Waals surface area (Å²) in [7, 11) is 0. The summed E-state index contributed by atoms with van der Waals surface area (Å²) < 4.78 is 10.1. The van der Waals surface area contributed by atoms with Crippen molar-refractivity contribution >= 4 is 11.8 Å². The van der Waals surface area contributed by atoms with Gasteiger partial charge in [0, 0.05) is 12.2 Å². The molecule has 4 nitrogen and oxygen atoms in total. The van der Waals surface area contributed by atoms with Crippen LogP contribution in [0.1, 0.15) is 24.5 Å². The maximum absolute atomic E-state index is 11.5. The monoisotopic (exact) mass is 299 g/mol. The fourth-order valence-corrected chi connectivity index (χ4v) is 1.89. The summed E-state index contributed by atoms with van der Waals surface area (Å²) in [6, 6.07) is 17.3. The molecular formula is C18H21NO3. The van der Waals surface area contributed by atoms with Gasteiger partial charge in [0.15, 0.2) is 0 Å². The number of anilines is 1. The first-order valence-corrected chi connectivity index (χ1v) is 7.44. The average molecular weight is 299 g/mol. The standard InChI is InChI=1S/C18H21NO3/c1-2-12-19-17-10-8-16(9-11-17)14-22-18(20)21-13-15-6-4-3-5-7-15/h3-11,19H,2,12-14H2,1H3. The lowest BCUT2D eigenvalue weighted by molar-refractivity contribution is 0.0446. The summed E-state index contributed by atoms with van der Waals surface area (Å²) in [6.07, 6.45) is 0.426. The van der Waals surface area contributed by atoms with Crippen molar-refractivity contribution in [3.05, 3.63) is 65.7 Å². The quantitative estimate of drug-likeness (QED) is 0.772. The Hall–Kier alpha value is -2.49. The van der Waals surface area contributed by atoms with Gasteiger partial charge in [0.25, 0.3) is 0 Å². The SMILES string of the molecule is CCCNc1ccc(COC(=O)OCc2ccccc2)cc1. The molecule has 0 aliphatic heterocycles. The van der Waals surface area contributed by atoms with Gasteiger partial charge in [-0.25, -0.2) is 4.79 Å². The van der Waals surface area contributed by atoms with Gasteiger partial charge in [-0.05, 0) is 29.7 Å². The zero-order valence-electron chi connectivity index (χ0n) is 12.7. The van der Waals surface area contributed by atoms with Crippen LogP contribution in [-0.4, -0.2) is 12.7 Å². The molecular weight excluding hydrogens is 278 g/mol. The first-order valence-electron chi connectivity index (χ1n) is 7.44. The molecule has 4 heteroatoms. The lowest BCUT2D eigenvalue weighted by Crippen LogP contribution is -2.07. The van der Waals surface area contributed by atoms with Crippen molar-refractivity contribution in [3.8, 4) is 0 Å². The minimum absolute atomic E-state index is 0.210. The fourth-order valence-electron chi connectivity index (χ4n) is 1.89. The summed E-state index contributed by atoms with van der Waals surface area (Å²) >= 11 is 0. The molecule has 2 aromatic carbocycles. The van der Waals surface area contributed by atoms with E-state index >= 15 is 0 Å². The van der Waals surface area contributed by atoms with Crippen molar-refractivity contribution in [3.63, 3.8) is 0 Å². The summed E-state index contributed by atoms with van der Waals surface area (Å²) in [5.74, 6) is 0. The van der Waals surface area contributed by atoms with Crippen LogP contribution in [0.25, 0.3) is 0 Å². The Balaban J connectivity index is 1.71. The van der Waals surface area contributed by atoms with Gasteiger partial charge in [0.05, 0.1) is 0 Å². The van der Waals surface area contributed by atoms with Gasteiger partial charge in [-0.1, -0.05) is 49.4 Å². The van der Waals surface area contributed by atoms with E-state index in [1.54, 1.807) is 0 Å². The second kappa shape index (κ2) is 8.72. The van der Waals surface area contributed by atoms with Crippen LogP contribution in [0.2, 0.25) is 0 Å². The van der Waals surface area contributed by atoms with Gasteiger partial charge in [-0.2, -0.15) is 0 Å². The maximum atomic E-state index is 11.5. The Morgan fingerprint density at radius 3 is 2.09 bits per heavy atom. The van der Waals surface area contributed by atoms with Crippen LogP contribution in [0.5, 0.6) is 0 Å². The highest BCUT2D eigenvalue weighted by molar-refractivity contribution is 5.60. The average Bonchev–Trinajstić information content (AvgIpc) is 2.58. The predicted octanol–water partition coefficient (Wildman–Crippen LogP) is 4.36. The molecule has 1 N–H and O–H groups in total. The normalized spacial score (nSPS) is 10.0. The molecule has 0 aliphatic carbocycles. The largest absolute Gasteiger partial charge is 0.508 e. The molecule has 2 rings (SSSR count). The van der Waals surface area contributed by atoms with Crippen LogP contribution in [0, 0.1) is 0 Å². The van der Waals surface area contributed by atoms with Crippen LogP contribution in [0.3, 0.4) is 0 Å². The van der Waals surface area contributed by atoms with Gasteiger partial charge in [0.1, 0.15) is 13.2 Å². The van der Waals surface area contributed by atoms with E-state index in [2.05, 4.69) is 12.2 Å². The number of carbonyl (C=O) groups excluding carboxylic acids is 1. The molecule has 0 saturated heterocycles. The van der Waals surface area contributed by atoms with Crippen LogP contribution >= 0.6 is 0 Å². The van der Waals surface area contributed by atoms with E-state index in [1.807, 2.05) is 54.6 Å². The van der Waals surface area contributed by atoms with Crippen molar-refractivity contribution in [1.82, 2.24) is 0 Å². The zero-order valence-corrected chi connectivity index (χ0v) is 12.7. The Kier molecular flexibility index (Phi) is 6.30. The molecule has 22 heavy (non-hydrogen) atoms. The lowest BCUT2D eigenvalue weighted by Gasteiger charge is -2.08. The zero-order chi connectivity index (χ0) is 15.6. The Morgan fingerprint density at radius 1 is 0.909 bits per heavy atom. The van der Waals surface area contributed by atoms with E-state index in [-0.39, 0.29) is 13.2 Å². The van der Waals surface area contributed by atoms with Crippen LogP contribution in [-0.2, 0) is 22.7 Å². The minimum Gasteiger partial charge on any atom is -0.429 e. The fraction of sp³-hybridized carbons (Fsp3) is 0.278. The molecule has 0 aromatic heterocycles. The summed E-state index contributed by atoms with van der Waals surface area (Å²) in [6.45, 7) is 3.50. The molecule has 0 heterocycles. The first kappa shape index (κ1) is 15.9. The van der Waals surface area contributed by atoms with Gasteiger partial charge >= 0.3 is 6.16 Å². The Labute approximate surface area is 131 Å². The van der Waals surface area contributed by atoms with Crippen molar-refractivity contribution in [2.24, 2.45) is 0 Å². The molecule has 0 radical (unpaired) electrons. The maximum Gasteiger partial charge on any atom is 0.508 e. The highest BCUT2D eigenvalue weighted by Crippen LogP contribution is 2.11. The second-order valence-electron chi connectivity index (χ2n) is 4.94. The van der Waals surface area contributed by atoms with Crippen LogP contribution < -0.4 is 5.32 Å². The Morgan fingerprint density at radius 2 is 1.50 bits per heavy atom. The molecule has 0 unspecified atom stereocenters. The molecule has 0 fully saturated rings. The lowest BCUT2D eigenvalue weighted by atomic mass is 10.2. The number of ether oxygens (including phenoxy) is 2. The number of carbonyl (C=O) groups is 1. The number of hydrogen-bond donors (Lipinski definition) is 1. The van der Waals surface area contributed by atoms with Gasteiger partial charge in [0.2, 0.25) is 0 Å². The van der Waals surface area contributed by atoms with E-state index in [1.165, 1.54) is 0 Å². The number of benzene rings is 2. The Bertz CT molecular complexity index is 567. The molecule has 116 valence electrons.